The molecule has 0 aromatic heterocycles. The molecule has 0 aliphatic carbocycles. The normalized spacial score (nSPS) is 13.3. The molecule has 3 amide bonds. The number of ether oxygens (including phenoxy) is 1. The lowest BCUT2D eigenvalue weighted by atomic mass is 10.0. The number of nitrogens with zero attached hydrogens (tertiary/aromatic N) is 2. The lowest BCUT2D eigenvalue weighted by Crippen LogP contribution is -2.56. The van der Waals surface area contributed by atoms with Gasteiger partial charge in [0, 0.05) is 5.69 Å². The first kappa shape index (κ1) is 26.5. The van der Waals surface area contributed by atoms with Crippen LogP contribution in [0.5, 0.6) is 5.75 Å². The minimum Gasteiger partial charge on any atom is -0.484 e. The van der Waals surface area contributed by atoms with Gasteiger partial charge in [0.25, 0.3) is 17.7 Å². The highest BCUT2D eigenvalue weighted by Gasteiger charge is 2.41. The summed E-state index contributed by atoms with van der Waals surface area (Å²) in [6.07, 6.45) is 1.53. The van der Waals surface area contributed by atoms with E-state index in [4.69, 9.17) is 17.0 Å². The summed E-state index contributed by atoms with van der Waals surface area (Å²) in [5, 5.41) is 2.91. The van der Waals surface area contributed by atoms with Gasteiger partial charge in [-0.05, 0) is 78.8 Å². The summed E-state index contributed by atoms with van der Waals surface area (Å²) < 4.78 is 5.63. The average molecular weight is 548 g/mol. The molecule has 0 saturated carbocycles. The largest absolute Gasteiger partial charge is 0.484 e. The Morgan fingerprint density at radius 3 is 1.85 bits per heavy atom. The Morgan fingerprint density at radius 1 is 0.775 bits per heavy atom. The third kappa shape index (κ3) is 5.67. The molecule has 8 heteroatoms. The first-order valence-electron chi connectivity index (χ1n) is 12.6. The molecule has 1 saturated heterocycles. The van der Waals surface area contributed by atoms with Crippen LogP contribution in [0, 0.1) is 6.92 Å². The van der Waals surface area contributed by atoms with E-state index in [-0.39, 0.29) is 23.2 Å². The summed E-state index contributed by atoms with van der Waals surface area (Å²) in [4.78, 5) is 42.2. The second-order valence-corrected chi connectivity index (χ2v) is 9.38. The third-order valence-corrected chi connectivity index (χ3v) is 6.62. The Labute approximate surface area is 237 Å². The quantitative estimate of drug-likeness (QED) is 0.181. The second kappa shape index (κ2) is 11.8. The van der Waals surface area contributed by atoms with Crippen molar-refractivity contribution in [1.29, 1.82) is 0 Å². The Hall–Kier alpha value is -5.08. The van der Waals surface area contributed by atoms with E-state index < -0.39 is 11.8 Å². The second-order valence-electron chi connectivity index (χ2n) is 9.01. The highest BCUT2D eigenvalue weighted by Crippen LogP contribution is 2.30. The number of nitrogens with one attached hydrogen (secondary N) is 1. The topological polar surface area (TPSA) is 79.0 Å². The molecule has 4 aromatic carbocycles. The molecule has 0 atom stereocenters. The van der Waals surface area contributed by atoms with Gasteiger partial charge in [-0.2, -0.15) is 0 Å². The van der Waals surface area contributed by atoms with Gasteiger partial charge >= 0.3 is 0 Å². The van der Waals surface area contributed by atoms with Gasteiger partial charge in [-0.15, -0.1) is 0 Å². The van der Waals surface area contributed by atoms with Crippen molar-refractivity contribution in [3.63, 3.8) is 0 Å². The van der Waals surface area contributed by atoms with Crippen LogP contribution in [0.25, 0.3) is 6.08 Å². The van der Waals surface area contributed by atoms with Crippen LogP contribution in [0.4, 0.5) is 17.1 Å². The number of carbonyl (C=O) groups excluding carboxylic acids is 3. The molecule has 1 heterocycles. The van der Waals surface area contributed by atoms with E-state index in [1.807, 2.05) is 43.3 Å². The summed E-state index contributed by atoms with van der Waals surface area (Å²) in [5.41, 5.74) is 3.38. The zero-order valence-corrected chi connectivity index (χ0v) is 22.4. The molecule has 5 rings (SSSR count). The predicted octanol–water partition coefficient (Wildman–Crippen LogP) is 5.76. The Bertz CT molecular complexity index is 1540. The first-order chi connectivity index (χ1) is 19.4. The lowest BCUT2D eigenvalue weighted by molar-refractivity contribution is -0.121. The van der Waals surface area contributed by atoms with Crippen molar-refractivity contribution in [2.24, 2.45) is 0 Å². The number of thiocarbonyl (C=S) groups is 1. The zero-order valence-electron chi connectivity index (χ0n) is 21.6. The molecule has 0 unspecified atom stereocenters. The number of anilines is 3. The van der Waals surface area contributed by atoms with Gasteiger partial charge in [-0.1, -0.05) is 66.7 Å². The molecule has 198 valence electrons. The summed E-state index contributed by atoms with van der Waals surface area (Å²) in [5.74, 6) is -0.832. The summed E-state index contributed by atoms with van der Waals surface area (Å²) in [7, 11) is 0. The molecule has 7 nitrogen and oxygen atoms in total. The Kier molecular flexibility index (Phi) is 7.80. The molecular formula is C32H25N3O4S. The molecule has 1 aliphatic rings. The van der Waals surface area contributed by atoms with Crippen LogP contribution < -0.4 is 19.9 Å². The van der Waals surface area contributed by atoms with Crippen LogP contribution in [0.1, 0.15) is 11.1 Å². The van der Waals surface area contributed by atoms with E-state index in [0.717, 1.165) is 11.3 Å². The maximum absolute atomic E-state index is 13.6. The van der Waals surface area contributed by atoms with Crippen LogP contribution in [0.15, 0.2) is 115 Å². The number of rotatable bonds is 7. The summed E-state index contributed by atoms with van der Waals surface area (Å²) in [6.45, 7) is 1.75. The van der Waals surface area contributed by atoms with Gasteiger partial charge in [0.15, 0.2) is 11.7 Å². The van der Waals surface area contributed by atoms with Crippen molar-refractivity contribution in [3.05, 3.63) is 126 Å². The van der Waals surface area contributed by atoms with Gasteiger partial charge in [0.1, 0.15) is 11.3 Å². The van der Waals surface area contributed by atoms with Crippen LogP contribution in [-0.4, -0.2) is 29.4 Å². The van der Waals surface area contributed by atoms with E-state index >= 15 is 0 Å². The maximum atomic E-state index is 13.6. The van der Waals surface area contributed by atoms with Crippen LogP contribution in [0.3, 0.4) is 0 Å². The fourth-order valence-corrected chi connectivity index (χ4v) is 4.59. The zero-order chi connectivity index (χ0) is 28.1. The summed E-state index contributed by atoms with van der Waals surface area (Å²) >= 11 is 5.63. The molecule has 4 aromatic rings. The number of carbonyl (C=O) groups is 3. The SMILES string of the molecule is Cc1ccccc1NC(=O)COc1ccc(C=C2C(=O)N(c3ccccc3)C(=S)N(c3ccccc3)C2=O)cc1. The number of aryl methyl sites for hydroxylation is 1. The smallest absolute Gasteiger partial charge is 0.270 e. The summed E-state index contributed by atoms with van der Waals surface area (Å²) in [6, 6.07) is 32.2. The van der Waals surface area contributed by atoms with Crippen molar-refractivity contribution in [2.45, 2.75) is 6.92 Å². The number of hydrogen-bond donors (Lipinski definition) is 1. The molecule has 1 N–H and O–H groups in total. The highest BCUT2D eigenvalue weighted by atomic mass is 32.1. The van der Waals surface area contributed by atoms with E-state index in [9.17, 15) is 14.4 Å². The minimum absolute atomic E-state index is 0.0346. The number of hydrogen-bond acceptors (Lipinski definition) is 5. The van der Waals surface area contributed by atoms with Gasteiger partial charge in [-0.3, -0.25) is 24.2 Å². The predicted molar refractivity (Wildman–Crippen MR) is 160 cm³/mol. The van der Waals surface area contributed by atoms with Gasteiger partial charge in [-0.25, -0.2) is 0 Å². The molecule has 0 spiro atoms. The van der Waals surface area contributed by atoms with Crippen molar-refractivity contribution < 1.29 is 19.1 Å². The molecule has 0 radical (unpaired) electrons. The van der Waals surface area contributed by atoms with E-state index in [2.05, 4.69) is 5.32 Å². The molecule has 0 bridgehead atoms. The molecule has 1 fully saturated rings. The van der Waals surface area contributed by atoms with Gasteiger partial charge < -0.3 is 10.1 Å². The third-order valence-electron chi connectivity index (χ3n) is 6.26. The standard InChI is InChI=1S/C32H25N3O4S/c1-22-10-8-9-15-28(22)33-29(36)21-39-26-18-16-23(17-19-26)20-27-30(37)34(24-11-4-2-5-12-24)32(40)35(31(27)38)25-13-6-3-7-14-25/h2-20H,21H2,1H3,(H,33,36). The van der Waals surface area contributed by atoms with Crippen molar-refractivity contribution in [2.75, 3.05) is 21.7 Å². The molecule has 1 aliphatic heterocycles. The fraction of sp³-hybridized carbons (Fsp3) is 0.0625. The van der Waals surface area contributed by atoms with Crippen LogP contribution in [-0.2, 0) is 14.4 Å². The van der Waals surface area contributed by atoms with E-state index in [0.29, 0.717) is 22.7 Å². The van der Waals surface area contributed by atoms with Crippen molar-refractivity contribution in [1.82, 2.24) is 0 Å². The van der Waals surface area contributed by atoms with Gasteiger partial charge in [0.05, 0.1) is 11.4 Å². The monoisotopic (exact) mass is 547 g/mol. The number of amides is 3. The molecular weight excluding hydrogens is 522 g/mol. The molecule has 40 heavy (non-hydrogen) atoms. The Morgan fingerprint density at radius 2 is 1.30 bits per heavy atom. The first-order valence-corrected chi connectivity index (χ1v) is 13.0. The lowest BCUT2D eigenvalue weighted by Gasteiger charge is -2.36. The fourth-order valence-electron chi connectivity index (χ4n) is 4.21. The van der Waals surface area contributed by atoms with E-state index in [1.165, 1.54) is 15.9 Å². The van der Waals surface area contributed by atoms with Crippen molar-refractivity contribution >= 4 is 58.2 Å². The average Bonchev–Trinajstić information content (AvgIpc) is 2.97. The van der Waals surface area contributed by atoms with Crippen molar-refractivity contribution in [3.8, 4) is 5.75 Å². The van der Waals surface area contributed by atoms with E-state index in [1.54, 1.807) is 72.8 Å². The van der Waals surface area contributed by atoms with Crippen LogP contribution >= 0.6 is 12.2 Å². The Balaban J connectivity index is 1.37. The number of benzene rings is 4. The van der Waals surface area contributed by atoms with Crippen LogP contribution in [0.2, 0.25) is 0 Å². The maximum Gasteiger partial charge on any atom is 0.270 e. The minimum atomic E-state index is -0.512. The highest BCUT2D eigenvalue weighted by molar-refractivity contribution is 7.81. The number of para-hydroxylation sites is 3. The van der Waals surface area contributed by atoms with Gasteiger partial charge in [0.2, 0.25) is 0 Å².